The van der Waals surface area contributed by atoms with Crippen LogP contribution >= 0.6 is 0 Å². The van der Waals surface area contributed by atoms with Crippen molar-refractivity contribution in [2.45, 2.75) is 71.9 Å². The van der Waals surface area contributed by atoms with E-state index in [1.165, 1.54) is 25.2 Å². The predicted octanol–water partition coefficient (Wildman–Crippen LogP) is 2.69. The smallest absolute Gasteiger partial charge is 0.312 e. The molecule has 0 unspecified atom stereocenters. The average Bonchev–Trinajstić information content (AvgIpc) is 4.13. The van der Waals surface area contributed by atoms with Crippen molar-refractivity contribution in [2.24, 2.45) is 17.6 Å². The van der Waals surface area contributed by atoms with Gasteiger partial charge in [0.25, 0.3) is 17.6 Å². The number of imide groups is 1. The number of rotatable bonds is 32. The fraction of sp³-hybridized carbons (Fsp3) is 0.471. The number of ether oxygens (including phenoxy) is 6. The highest BCUT2D eigenvalue weighted by atomic mass is 16.5. The summed E-state index contributed by atoms with van der Waals surface area (Å²) in [6, 6.07) is 13.9. The molecule has 3 aromatic rings. The molecule has 0 radical (unpaired) electrons. The number of methoxy groups -OCH3 is 2. The highest BCUT2D eigenvalue weighted by Gasteiger charge is 2.46. The second kappa shape index (κ2) is 27.8. The van der Waals surface area contributed by atoms with Gasteiger partial charge in [-0.15, -0.1) is 0 Å². The number of piperidine rings is 1. The molecule has 2 atom stereocenters. The number of anilines is 3. The number of nitrogens with one attached hydrogen (secondary N) is 4. The highest BCUT2D eigenvalue weighted by Crippen LogP contribution is 2.40. The quantitative estimate of drug-likeness (QED) is 0.0298. The number of benzene rings is 2. The molecular formula is C51H66N9O13+. The average molecular weight is 1010 g/mol. The van der Waals surface area contributed by atoms with Crippen LogP contribution in [-0.4, -0.2) is 126 Å². The lowest BCUT2D eigenvalue weighted by atomic mass is 9.89. The van der Waals surface area contributed by atoms with Crippen molar-refractivity contribution >= 4 is 58.5 Å². The number of amides is 7. The number of carbonyl (C=O) groups excluding carboxylic acids is 7. The van der Waals surface area contributed by atoms with Gasteiger partial charge in [-0.3, -0.25) is 28.9 Å². The van der Waals surface area contributed by atoms with Gasteiger partial charge in [-0.25, -0.2) is 14.9 Å². The molecule has 2 aliphatic rings. The number of likely N-dealkylation sites (tertiary alicyclic amines) is 1. The van der Waals surface area contributed by atoms with Crippen LogP contribution in [0.1, 0.15) is 69.6 Å². The molecule has 22 nitrogen and oxygen atoms in total. The monoisotopic (exact) mass is 1010 g/mol. The molecule has 1 aromatic heterocycles. The summed E-state index contributed by atoms with van der Waals surface area (Å²) in [5.74, 6) is -1.80. The van der Waals surface area contributed by atoms with Gasteiger partial charge in [0.15, 0.2) is 11.3 Å². The Hall–Kier alpha value is -7.61. The van der Waals surface area contributed by atoms with E-state index in [-0.39, 0.29) is 138 Å². The third-order valence-electron chi connectivity index (χ3n) is 11.8. The number of carbonyl (C=O) groups is 7. The topological polar surface area (TPSA) is 306 Å². The molecule has 0 saturated heterocycles. The van der Waals surface area contributed by atoms with Crippen molar-refractivity contribution in [3.8, 4) is 23.4 Å². The lowest BCUT2D eigenvalue weighted by Crippen LogP contribution is -2.45. The molecule has 7 amide bonds. The SMILES string of the molecule is CCOc1c(C#N)c(N)cc(NC(=O)Cc2cc(OC)ccc2OC)[n+]1Cc1ccc(NC(=O)[C@H](CCCNC(N)=O)CC(=O)[C@@H](NC(=O)CCOCCOCCOCCN2C(=O)C3=C(C3)C2=O)C(C)C)cc1. The Morgan fingerprint density at radius 3 is 2.15 bits per heavy atom. The summed E-state index contributed by atoms with van der Waals surface area (Å²) >= 11 is 0. The third-order valence-corrected chi connectivity index (χ3v) is 11.8. The summed E-state index contributed by atoms with van der Waals surface area (Å²) in [6.07, 6.45) is 0.736. The van der Waals surface area contributed by atoms with Crippen LogP contribution in [0.5, 0.6) is 17.4 Å². The first-order chi connectivity index (χ1) is 35.1. The Kier molecular flexibility index (Phi) is 21.5. The zero-order chi connectivity index (χ0) is 53.0. The number of hydrogen-bond acceptors (Lipinski definition) is 15. The second-order valence-electron chi connectivity index (χ2n) is 17.5. The van der Waals surface area contributed by atoms with Gasteiger partial charge in [-0.1, -0.05) is 26.0 Å². The number of nitriles is 1. The van der Waals surface area contributed by atoms with Crippen molar-refractivity contribution in [3.05, 3.63) is 76.4 Å². The molecule has 0 bridgehead atoms. The largest absolute Gasteiger partial charge is 0.497 e. The van der Waals surface area contributed by atoms with Gasteiger partial charge in [0.2, 0.25) is 11.8 Å². The number of nitrogens with zero attached hydrogens (tertiary/aromatic N) is 3. The minimum absolute atomic E-state index is 0.0242. The molecule has 392 valence electrons. The van der Waals surface area contributed by atoms with Crippen LogP contribution in [-0.2, 0) is 55.9 Å². The van der Waals surface area contributed by atoms with Gasteiger partial charge < -0.3 is 55.8 Å². The van der Waals surface area contributed by atoms with Crippen LogP contribution in [0.2, 0.25) is 0 Å². The summed E-state index contributed by atoms with van der Waals surface area (Å²) in [4.78, 5) is 90.8. The van der Waals surface area contributed by atoms with Gasteiger partial charge in [0.05, 0.1) is 91.2 Å². The Morgan fingerprint density at radius 1 is 0.863 bits per heavy atom. The number of nitrogens with two attached hydrogens (primary N) is 2. The van der Waals surface area contributed by atoms with Crippen LogP contribution < -0.4 is 51.5 Å². The van der Waals surface area contributed by atoms with Gasteiger partial charge in [-0.2, -0.15) is 9.83 Å². The Balaban J connectivity index is 1.14. The van der Waals surface area contributed by atoms with Gasteiger partial charge in [-0.05, 0) is 61.6 Å². The number of aromatic nitrogens is 1. The Bertz CT molecular complexity index is 2540. The molecule has 8 N–H and O–H groups in total. The van der Waals surface area contributed by atoms with Crippen LogP contribution in [0.3, 0.4) is 0 Å². The molecule has 5 rings (SSSR count). The molecule has 1 aliphatic heterocycles. The van der Waals surface area contributed by atoms with Crippen molar-refractivity contribution < 1.29 is 66.6 Å². The first-order valence-corrected chi connectivity index (χ1v) is 24.0. The maximum absolute atomic E-state index is 13.9. The van der Waals surface area contributed by atoms with Crippen molar-refractivity contribution in [1.82, 2.24) is 15.5 Å². The van der Waals surface area contributed by atoms with E-state index in [1.807, 2.05) is 0 Å². The summed E-state index contributed by atoms with van der Waals surface area (Å²) < 4.78 is 34.8. The van der Waals surface area contributed by atoms with E-state index in [2.05, 4.69) is 27.3 Å². The highest BCUT2D eigenvalue weighted by molar-refractivity contribution is 6.25. The summed E-state index contributed by atoms with van der Waals surface area (Å²) in [5, 5.41) is 21.1. The van der Waals surface area contributed by atoms with Crippen LogP contribution in [0.4, 0.5) is 22.0 Å². The van der Waals surface area contributed by atoms with E-state index in [9.17, 15) is 38.8 Å². The van der Waals surface area contributed by atoms with Crippen molar-refractivity contribution in [1.29, 1.82) is 5.26 Å². The van der Waals surface area contributed by atoms with Crippen LogP contribution in [0.25, 0.3) is 0 Å². The van der Waals surface area contributed by atoms with E-state index in [4.69, 9.17) is 39.9 Å². The molecule has 1 aliphatic carbocycles. The molecule has 73 heavy (non-hydrogen) atoms. The predicted molar refractivity (Wildman–Crippen MR) is 265 cm³/mol. The number of Topliss-reactive ketones (excluding diaryl/α,β-unsaturated/α-hetero) is 1. The van der Waals surface area contributed by atoms with Gasteiger partial charge in [0.1, 0.15) is 24.1 Å². The number of pyridine rings is 1. The molecule has 2 heterocycles. The molecule has 0 saturated carbocycles. The summed E-state index contributed by atoms with van der Waals surface area (Å²) in [5.41, 5.74) is 14.6. The zero-order valence-electron chi connectivity index (χ0n) is 42.0. The number of hydrogen-bond donors (Lipinski definition) is 6. The molecular weight excluding hydrogens is 947 g/mol. The third kappa shape index (κ3) is 16.5. The Morgan fingerprint density at radius 2 is 1.53 bits per heavy atom. The van der Waals surface area contributed by atoms with Crippen molar-refractivity contribution in [3.63, 3.8) is 0 Å². The number of nitrogen functional groups attached to an aromatic ring is 1. The minimum atomic E-state index is -0.896. The molecule has 22 heteroatoms. The van der Waals surface area contributed by atoms with Crippen LogP contribution in [0.15, 0.2) is 59.7 Å². The molecule has 0 fully saturated rings. The van der Waals surface area contributed by atoms with E-state index in [1.54, 1.807) is 67.8 Å². The minimum Gasteiger partial charge on any atom is -0.497 e. The number of urea groups is 1. The van der Waals surface area contributed by atoms with E-state index >= 15 is 0 Å². The zero-order valence-corrected chi connectivity index (χ0v) is 42.0. The fourth-order valence-electron chi connectivity index (χ4n) is 7.97. The normalized spacial score (nSPS) is 13.5. The number of primary amides is 1. The Labute approximate surface area is 424 Å². The first kappa shape index (κ1) is 56.3. The van der Waals surface area contributed by atoms with E-state index in [0.29, 0.717) is 52.3 Å². The molecule has 0 spiro atoms. The van der Waals surface area contributed by atoms with Gasteiger partial charge in [0, 0.05) is 54.1 Å². The fourth-order valence-corrected chi connectivity index (χ4v) is 7.97. The first-order valence-electron chi connectivity index (χ1n) is 24.0. The summed E-state index contributed by atoms with van der Waals surface area (Å²) in [6.45, 7) is 7.26. The van der Waals surface area contributed by atoms with Crippen LogP contribution in [0, 0.1) is 23.2 Å². The van der Waals surface area contributed by atoms with E-state index < -0.39 is 35.7 Å². The standard InChI is InChI=1S/C51H65N9O13/c1-6-73-50-39(29-52)40(53)28-43(57-45(63)26-34-24-36(68-4)13-14-42(34)69-5)60(50)30-32-9-11-35(12-10-32)56-47(64)33(8-7-16-55-51(54)67)25-41(61)46(31(2)3)58-44(62)15-18-70-20-22-72-23-21-71-19-17-59-48(65)37-27-38(37)49(59)66/h9-14,24,28,31,33,46H,6-8,15-23,25-27,30H2,1-5H3,(H7,53,54,55,56,57,58,62,63,64,67)/p+1/t33-,46+/m1/s1. The van der Waals surface area contributed by atoms with Gasteiger partial charge >= 0.3 is 17.8 Å². The maximum Gasteiger partial charge on any atom is 0.312 e. The lowest BCUT2D eigenvalue weighted by Gasteiger charge is -2.24. The van der Waals surface area contributed by atoms with Crippen molar-refractivity contribution in [2.75, 3.05) is 89.9 Å². The molecule has 2 aromatic carbocycles. The summed E-state index contributed by atoms with van der Waals surface area (Å²) in [7, 11) is 3.02. The van der Waals surface area contributed by atoms with E-state index in [0.717, 1.165) is 0 Å². The number of ketones is 1. The second-order valence-corrected chi connectivity index (χ2v) is 17.5. The lowest BCUT2D eigenvalue weighted by molar-refractivity contribution is -0.679. The maximum atomic E-state index is 13.9.